The van der Waals surface area contributed by atoms with E-state index in [9.17, 15) is 0 Å². The van der Waals surface area contributed by atoms with Gasteiger partial charge in [0.25, 0.3) is 0 Å². The maximum Gasteiger partial charge on any atom is 0.108 e. The highest BCUT2D eigenvalue weighted by Crippen LogP contribution is 2.69. The molecule has 0 aliphatic carbocycles. The molecule has 52 heavy (non-hydrogen) atoms. The van der Waals surface area contributed by atoms with Gasteiger partial charge in [-0.2, -0.15) is 0 Å². The van der Waals surface area contributed by atoms with E-state index in [2.05, 4.69) is 166 Å². The van der Waals surface area contributed by atoms with E-state index >= 15 is 0 Å². The zero-order valence-corrected chi connectivity index (χ0v) is 30.9. The molecule has 0 bridgehead atoms. The number of benzene rings is 4. The van der Waals surface area contributed by atoms with Gasteiger partial charge in [-0.05, 0) is 101 Å². The van der Waals surface area contributed by atoms with Gasteiger partial charge in [0.15, 0.2) is 0 Å². The third-order valence-corrected chi connectivity index (χ3v) is 14.5. The first kappa shape index (κ1) is 31.2. The van der Waals surface area contributed by atoms with Gasteiger partial charge in [0.2, 0.25) is 0 Å². The zero-order chi connectivity index (χ0) is 35.0. The van der Waals surface area contributed by atoms with E-state index in [1.54, 1.807) is 0 Å². The molecule has 266 valence electrons. The van der Waals surface area contributed by atoms with Crippen LogP contribution in [0.1, 0.15) is 41.5 Å². The second-order valence-electron chi connectivity index (χ2n) is 16.6. The van der Waals surface area contributed by atoms with Crippen molar-refractivity contribution in [3.8, 4) is 0 Å². The molecule has 6 atom stereocenters. The fourth-order valence-electron chi connectivity index (χ4n) is 12.5. The van der Waals surface area contributed by atoms with Gasteiger partial charge in [-0.1, -0.05) is 66.7 Å². The molecule has 1 aromatic heterocycles. The van der Waals surface area contributed by atoms with Crippen molar-refractivity contribution >= 4 is 33.7 Å². The zero-order valence-electron chi connectivity index (χ0n) is 30.9. The number of hydrogen-bond acceptors (Lipinski definition) is 7. The summed E-state index contributed by atoms with van der Waals surface area (Å²) in [5, 5.41) is 13.1. The molecule has 0 saturated carbocycles. The quantitative estimate of drug-likeness (QED) is 0.193. The first-order valence-corrected chi connectivity index (χ1v) is 19.5. The molecular formula is C44H50N8. The van der Waals surface area contributed by atoms with Crippen LogP contribution in [0.5, 0.6) is 0 Å². The van der Waals surface area contributed by atoms with E-state index in [1.165, 1.54) is 55.9 Å². The molecule has 4 aromatic carbocycles. The summed E-state index contributed by atoms with van der Waals surface area (Å²) in [6.45, 7) is 4.17. The minimum atomic E-state index is -0.220. The second-order valence-corrected chi connectivity index (χ2v) is 16.6. The van der Waals surface area contributed by atoms with Gasteiger partial charge in [-0.25, -0.2) is 0 Å². The SMILES string of the molecule is CNCCc1cn([C@]23CCN(C)[C@H]2Nc2c(N4c5ccccc5[C@]5([C@@]67CCN(C)[C@H]6Nc6ccccc67)CCN(C)[C@H]45)cccc23)c2ccccc12. The first-order chi connectivity index (χ1) is 25.5. The first-order valence-electron chi connectivity index (χ1n) is 19.5. The third-order valence-electron chi connectivity index (χ3n) is 14.5. The highest BCUT2D eigenvalue weighted by molar-refractivity contribution is 5.90. The van der Waals surface area contributed by atoms with E-state index in [0.717, 1.165) is 51.9 Å². The van der Waals surface area contributed by atoms with Gasteiger partial charge >= 0.3 is 0 Å². The lowest BCUT2D eigenvalue weighted by Crippen LogP contribution is -2.61. The lowest BCUT2D eigenvalue weighted by molar-refractivity contribution is 0.138. The van der Waals surface area contributed by atoms with Gasteiger partial charge in [0.05, 0.1) is 23.7 Å². The highest BCUT2D eigenvalue weighted by Gasteiger charge is 2.73. The van der Waals surface area contributed by atoms with Crippen molar-refractivity contribution < 1.29 is 0 Å². The molecule has 3 fully saturated rings. The Morgan fingerprint density at radius 3 is 2.25 bits per heavy atom. The number of nitrogens with zero attached hydrogens (tertiary/aromatic N) is 5. The molecular weight excluding hydrogens is 641 g/mol. The van der Waals surface area contributed by atoms with Gasteiger partial charge in [-0.3, -0.25) is 14.7 Å². The number of likely N-dealkylation sites (N-methyl/N-ethyl adjacent to an activating group) is 4. The van der Waals surface area contributed by atoms with Crippen LogP contribution in [-0.4, -0.2) is 92.1 Å². The normalized spacial score (nSPS) is 31.7. The number of nitrogens with one attached hydrogen (secondary N) is 3. The maximum atomic E-state index is 4.24. The van der Waals surface area contributed by atoms with E-state index in [-0.39, 0.29) is 34.9 Å². The molecule has 3 saturated heterocycles. The molecule has 11 rings (SSSR count). The highest BCUT2D eigenvalue weighted by atomic mass is 15.4. The smallest absolute Gasteiger partial charge is 0.108 e. The Labute approximate surface area is 307 Å². The molecule has 0 amide bonds. The van der Waals surface area contributed by atoms with Crippen LogP contribution in [0.15, 0.2) is 97.2 Å². The summed E-state index contributed by atoms with van der Waals surface area (Å²) in [6.07, 6.45) is 7.41. The minimum Gasteiger partial charge on any atom is -0.369 e. The number of rotatable bonds is 6. The Morgan fingerprint density at radius 2 is 1.37 bits per heavy atom. The standard InChI is InChI=1S/C44H50N8/c1-45-24-20-29-28-51(35-17-9-5-12-30(29)35)44-23-27-49(3)40(44)47-38-33(44)15-11-19-37(38)52-36-18-10-7-14-32(36)43(22-26-50(4)41(43)52)42-21-25-48(2)39(42)46-34-16-8-6-13-31(34)42/h5-19,28,39-41,45-47H,20-27H2,1-4H3/t39-,40-,41-,42-,43-,44+/m1/s1. The van der Waals surface area contributed by atoms with Crippen molar-refractivity contribution in [3.05, 3.63) is 119 Å². The number of para-hydroxylation sites is 4. The summed E-state index contributed by atoms with van der Waals surface area (Å²) in [5.74, 6) is 0. The molecule has 3 N–H and O–H groups in total. The predicted octanol–water partition coefficient (Wildman–Crippen LogP) is 6.31. The summed E-state index contributed by atoms with van der Waals surface area (Å²) in [4.78, 5) is 10.6. The average molecular weight is 691 g/mol. The van der Waals surface area contributed by atoms with E-state index in [0.29, 0.717) is 0 Å². The molecule has 7 heterocycles. The molecule has 8 nitrogen and oxygen atoms in total. The third kappa shape index (κ3) is 3.57. The van der Waals surface area contributed by atoms with Crippen LogP contribution in [0, 0.1) is 0 Å². The predicted molar refractivity (Wildman–Crippen MR) is 212 cm³/mol. The van der Waals surface area contributed by atoms with Crippen molar-refractivity contribution in [2.24, 2.45) is 0 Å². The maximum absolute atomic E-state index is 4.24. The van der Waals surface area contributed by atoms with Crippen molar-refractivity contribution in [1.29, 1.82) is 0 Å². The molecule has 8 heteroatoms. The van der Waals surface area contributed by atoms with Gasteiger partial charge in [0, 0.05) is 64.5 Å². The molecule has 5 aromatic rings. The Hall–Kier alpha value is -4.34. The Balaban J connectivity index is 1.13. The molecule has 0 unspecified atom stereocenters. The summed E-state index contributed by atoms with van der Waals surface area (Å²) >= 11 is 0. The fraction of sp³-hybridized carbons (Fsp3) is 0.409. The monoisotopic (exact) mass is 690 g/mol. The number of likely N-dealkylation sites (tertiary alicyclic amines) is 3. The van der Waals surface area contributed by atoms with Crippen LogP contribution in [0.25, 0.3) is 10.9 Å². The van der Waals surface area contributed by atoms with Crippen LogP contribution in [0.3, 0.4) is 0 Å². The minimum absolute atomic E-state index is 0.0598. The fourth-order valence-corrected chi connectivity index (χ4v) is 12.5. The number of aromatic nitrogens is 1. The van der Waals surface area contributed by atoms with E-state index in [4.69, 9.17) is 0 Å². The van der Waals surface area contributed by atoms with Crippen molar-refractivity contribution in [3.63, 3.8) is 0 Å². The lowest BCUT2D eigenvalue weighted by atomic mass is 9.55. The van der Waals surface area contributed by atoms with E-state index in [1.807, 2.05) is 0 Å². The number of anilines is 4. The summed E-state index contributed by atoms with van der Waals surface area (Å²) < 4.78 is 2.66. The largest absolute Gasteiger partial charge is 0.369 e. The molecule has 0 spiro atoms. The average Bonchev–Trinajstić information content (AvgIpc) is 4.02. The molecule has 0 radical (unpaired) electrons. The second kappa shape index (κ2) is 10.9. The summed E-state index contributed by atoms with van der Waals surface area (Å²) in [7, 11) is 9.06. The molecule has 6 aliphatic rings. The van der Waals surface area contributed by atoms with Gasteiger partial charge in [-0.15, -0.1) is 0 Å². The van der Waals surface area contributed by atoms with Gasteiger partial charge < -0.3 is 25.4 Å². The van der Waals surface area contributed by atoms with Crippen LogP contribution >= 0.6 is 0 Å². The number of fused-ring (bicyclic) bond motifs is 11. The van der Waals surface area contributed by atoms with Crippen molar-refractivity contribution in [2.45, 2.75) is 60.5 Å². The Morgan fingerprint density at radius 1 is 0.673 bits per heavy atom. The van der Waals surface area contributed by atoms with E-state index < -0.39 is 0 Å². The van der Waals surface area contributed by atoms with Crippen LogP contribution in [-0.2, 0) is 22.8 Å². The number of hydrogen-bond donors (Lipinski definition) is 3. The Kier molecular flexibility index (Phi) is 6.52. The van der Waals surface area contributed by atoms with Crippen molar-refractivity contribution in [2.75, 3.05) is 69.9 Å². The van der Waals surface area contributed by atoms with Gasteiger partial charge in [0.1, 0.15) is 11.7 Å². The van der Waals surface area contributed by atoms with Crippen molar-refractivity contribution in [1.82, 2.24) is 24.6 Å². The lowest BCUT2D eigenvalue weighted by Gasteiger charge is -2.49. The van der Waals surface area contributed by atoms with Crippen LogP contribution < -0.4 is 20.9 Å². The summed E-state index contributed by atoms with van der Waals surface area (Å²) in [5.41, 5.74) is 12.1. The van der Waals surface area contributed by atoms with Crippen LogP contribution in [0.2, 0.25) is 0 Å². The molecule has 6 aliphatic heterocycles. The van der Waals surface area contributed by atoms with Crippen LogP contribution in [0.4, 0.5) is 22.7 Å². The summed E-state index contributed by atoms with van der Waals surface area (Å²) in [6, 6.07) is 34.9. The topological polar surface area (TPSA) is 54.0 Å². The Bertz CT molecular complexity index is 2240.